The second-order valence-corrected chi connectivity index (χ2v) is 9.60. The molecule has 0 aliphatic heterocycles. The number of methoxy groups -OCH3 is 1. The van der Waals surface area contributed by atoms with Gasteiger partial charge in [0.15, 0.2) is 0 Å². The van der Waals surface area contributed by atoms with Gasteiger partial charge in [0.2, 0.25) is 5.88 Å². The SMILES string of the molecule is COc1c(CN(CCc2c[nH]c3ccccc23)C2CCc3cc(/C=C/C(=O)NO)ccc32)c(C)nn1C. The van der Waals surface area contributed by atoms with Gasteiger partial charge in [-0.3, -0.25) is 14.9 Å². The molecule has 1 aliphatic rings. The number of H-pyrrole nitrogens is 1. The molecular weight excluding hydrogens is 466 g/mol. The highest BCUT2D eigenvalue weighted by molar-refractivity contribution is 5.90. The number of amides is 1. The molecule has 0 spiro atoms. The molecular formula is C29H33N5O3. The molecule has 8 heteroatoms. The van der Waals surface area contributed by atoms with Crippen LogP contribution in [0, 0.1) is 6.92 Å². The third-order valence-electron chi connectivity index (χ3n) is 7.38. The second-order valence-electron chi connectivity index (χ2n) is 9.60. The lowest BCUT2D eigenvalue weighted by atomic mass is 10.0. The first kappa shape index (κ1) is 24.8. The van der Waals surface area contributed by atoms with Gasteiger partial charge in [-0.2, -0.15) is 5.10 Å². The normalized spacial score (nSPS) is 15.1. The Morgan fingerprint density at radius 2 is 2.16 bits per heavy atom. The van der Waals surface area contributed by atoms with E-state index in [0.717, 1.165) is 60.6 Å². The summed E-state index contributed by atoms with van der Waals surface area (Å²) in [6, 6.07) is 15.1. The summed E-state index contributed by atoms with van der Waals surface area (Å²) < 4.78 is 7.53. The van der Waals surface area contributed by atoms with Gasteiger partial charge >= 0.3 is 0 Å². The molecule has 0 fully saturated rings. The molecule has 5 rings (SSSR count). The van der Waals surface area contributed by atoms with Crippen molar-refractivity contribution in [3.05, 3.63) is 88.2 Å². The van der Waals surface area contributed by atoms with Crippen molar-refractivity contribution in [2.75, 3.05) is 13.7 Å². The van der Waals surface area contributed by atoms with Gasteiger partial charge in [-0.1, -0.05) is 36.4 Å². The molecule has 8 nitrogen and oxygen atoms in total. The van der Waals surface area contributed by atoms with E-state index in [1.807, 2.05) is 24.7 Å². The van der Waals surface area contributed by atoms with Gasteiger partial charge in [0, 0.05) is 49.4 Å². The number of carbonyl (C=O) groups excluding carboxylic acids is 1. The molecule has 1 atom stereocenters. The number of fused-ring (bicyclic) bond motifs is 2. The fourth-order valence-electron chi connectivity index (χ4n) is 5.58. The molecule has 0 saturated heterocycles. The number of benzene rings is 2. The zero-order chi connectivity index (χ0) is 25.9. The van der Waals surface area contributed by atoms with Crippen LogP contribution in [0.4, 0.5) is 0 Å². The summed E-state index contributed by atoms with van der Waals surface area (Å²) in [7, 11) is 3.62. The quantitative estimate of drug-likeness (QED) is 0.179. The van der Waals surface area contributed by atoms with Crippen LogP contribution < -0.4 is 10.2 Å². The Kier molecular flexibility index (Phi) is 7.12. The molecule has 2 heterocycles. The van der Waals surface area contributed by atoms with Crippen molar-refractivity contribution in [1.82, 2.24) is 25.1 Å². The van der Waals surface area contributed by atoms with E-state index in [4.69, 9.17) is 9.94 Å². The number of para-hydroxylation sites is 1. The number of ether oxygens (including phenoxy) is 1. The number of carbonyl (C=O) groups is 1. The summed E-state index contributed by atoms with van der Waals surface area (Å²) in [5, 5.41) is 14.6. The lowest BCUT2D eigenvalue weighted by Crippen LogP contribution is -2.29. The zero-order valence-electron chi connectivity index (χ0n) is 21.5. The fourth-order valence-corrected chi connectivity index (χ4v) is 5.58. The van der Waals surface area contributed by atoms with Gasteiger partial charge in [-0.15, -0.1) is 0 Å². The highest BCUT2D eigenvalue weighted by atomic mass is 16.5. The van der Waals surface area contributed by atoms with Gasteiger partial charge in [0.1, 0.15) is 0 Å². The summed E-state index contributed by atoms with van der Waals surface area (Å²) in [6.07, 6.45) is 8.10. The summed E-state index contributed by atoms with van der Waals surface area (Å²) in [5.74, 6) is 0.262. The molecule has 2 aromatic heterocycles. The fraction of sp³-hybridized carbons (Fsp3) is 0.310. The van der Waals surface area contributed by atoms with Crippen molar-refractivity contribution in [3.8, 4) is 5.88 Å². The Morgan fingerprint density at radius 3 is 2.97 bits per heavy atom. The highest BCUT2D eigenvalue weighted by Crippen LogP contribution is 2.38. The third-order valence-corrected chi connectivity index (χ3v) is 7.38. The first-order chi connectivity index (χ1) is 18.0. The number of aryl methyl sites for hydroxylation is 3. The monoisotopic (exact) mass is 499 g/mol. The number of hydrogen-bond acceptors (Lipinski definition) is 5. The molecule has 0 radical (unpaired) electrons. The number of aromatic nitrogens is 3. The van der Waals surface area contributed by atoms with Gasteiger partial charge in [0.05, 0.1) is 18.4 Å². The van der Waals surface area contributed by atoms with Crippen molar-refractivity contribution in [2.45, 2.75) is 38.8 Å². The molecule has 4 aromatic rings. The molecule has 192 valence electrons. The van der Waals surface area contributed by atoms with E-state index in [1.165, 1.54) is 28.2 Å². The van der Waals surface area contributed by atoms with Crippen molar-refractivity contribution in [1.29, 1.82) is 0 Å². The van der Waals surface area contributed by atoms with E-state index in [-0.39, 0.29) is 6.04 Å². The van der Waals surface area contributed by atoms with Gasteiger partial charge in [-0.05, 0) is 60.6 Å². The smallest absolute Gasteiger partial charge is 0.267 e. The minimum absolute atomic E-state index is 0.267. The van der Waals surface area contributed by atoms with Gasteiger partial charge < -0.3 is 9.72 Å². The number of nitrogens with zero attached hydrogens (tertiary/aromatic N) is 3. The Balaban J connectivity index is 1.44. The predicted octanol–water partition coefficient (Wildman–Crippen LogP) is 4.47. The van der Waals surface area contributed by atoms with E-state index in [0.29, 0.717) is 0 Å². The molecule has 1 unspecified atom stereocenters. The number of rotatable bonds is 9. The summed E-state index contributed by atoms with van der Waals surface area (Å²) in [5.41, 5.74) is 9.77. The number of hydroxylamine groups is 1. The first-order valence-electron chi connectivity index (χ1n) is 12.6. The van der Waals surface area contributed by atoms with E-state index in [2.05, 4.69) is 57.6 Å². The second kappa shape index (κ2) is 10.6. The van der Waals surface area contributed by atoms with Crippen LogP contribution in [-0.2, 0) is 31.2 Å². The van der Waals surface area contributed by atoms with Crippen LogP contribution in [0.2, 0.25) is 0 Å². The Morgan fingerprint density at radius 1 is 1.32 bits per heavy atom. The maximum absolute atomic E-state index is 11.4. The van der Waals surface area contributed by atoms with E-state index in [9.17, 15) is 4.79 Å². The van der Waals surface area contributed by atoms with E-state index < -0.39 is 5.91 Å². The Hall–Kier alpha value is -3.88. The van der Waals surface area contributed by atoms with Crippen LogP contribution in [-0.4, -0.2) is 44.4 Å². The average molecular weight is 500 g/mol. The molecule has 0 saturated carbocycles. The topological polar surface area (TPSA) is 95.4 Å². The van der Waals surface area contributed by atoms with Crippen LogP contribution in [0.1, 0.15) is 46.0 Å². The van der Waals surface area contributed by atoms with Crippen LogP contribution in [0.3, 0.4) is 0 Å². The largest absolute Gasteiger partial charge is 0.481 e. The maximum Gasteiger partial charge on any atom is 0.267 e. The lowest BCUT2D eigenvalue weighted by molar-refractivity contribution is -0.124. The first-order valence-corrected chi connectivity index (χ1v) is 12.6. The minimum Gasteiger partial charge on any atom is -0.481 e. The molecule has 0 bridgehead atoms. The van der Waals surface area contributed by atoms with Crippen LogP contribution in [0.15, 0.2) is 54.7 Å². The van der Waals surface area contributed by atoms with E-state index in [1.54, 1.807) is 18.7 Å². The van der Waals surface area contributed by atoms with E-state index >= 15 is 0 Å². The third kappa shape index (κ3) is 5.03. The molecule has 2 aromatic carbocycles. The van der Waals surface area contributed by atoms with Crippen molar-refractivity contribution in [2.24, 2.45) is 7.05 Å². The standard InChI is InChI=1S/C29H33N5O3/c1-19-25(29(37-3)33(2)31-19)18-34(15-14-22-17-30-26-7-5-4-6-23(22)26)27-12-10-21-16-20(8-11-24(21)27)9-13-28(35)32-36/h4-9,11,13,16-17,27,30,36H,10,12,14-15,18H2,1-3H3,(H,32,35)/b13-9+. The minimum atomic E-state index is -0.539. The van der Waals surface area contributed by atoms with Crippen LogP contribution >= 0.6 is 0 Å². The average Bonchev–Trinajstić information content (AvgIpc) is 3.59. The van der Waals surface area contributed by atoms with Crippen molar-refractivity contribution < 1.29 is 14.7 Å². The summed E-state index contributed by atoms with van der Waals surface area (Å²) in [4.78, 5) is 17.3. The Labute approximate surface area is 216 Å². The Bertz CT molecular complexity index is 1450. The lowest BCUT2D eigenvalue weighted by Gasteiger charge is -2.30. The van der Waals surface area contributed by atoms with Crippen LogP contribution in [0.5, 0.6) is 5.88 Å². The number of hydrogen-bond donors (Lipinski definition) is 3. The van der Waals surface area contributed by atoms with Gasteiger partial charge in [-0.25, -0.2) is 10.2 Å². The highest BCUT2D eigenvalue weighted by Gasteiger charge is 2.30. The maximum atomic E-state index is 11.4. The molecule has 37 heavy (non-hydrogen) atoms. The number of aromatic amines is 1. The zero-order valence-corrected chi connectivity index (χ0v) is 21.5. The number of nitrogens with one attached hydrogen (secondary N) is 2. The summed E-state index contributed by atoms with van der Waals surface area (Å²) in [6.45, 7) is 3.68. The van der Waals surface area contributed by atoms with Gasteiger partial charge in [0.25, 0.3) is 5.91 Å². The van der Waals surface area contributed by atoms with Crippen molar-refractivity contribution in [3.63, 3.8) is 0 Å². The molecule has 1 aliphatic carbocycles. The van der Waals surface area contributed by atoms with Crippen molar-refractivity contribution >= 4 is 22.9 Å². The van der Waals surface area contributed by atoms with Crippen LogP contribution in [0.25, 0.3) is 17.0 Å². The molecule has 3 N–H and O–H groups in total. The predicted molar refractivity (Wildman–Crippen MR) is 143 cm³/mol. The summed E-state index contributed by atoms with van der Waals surface area (Å²) >= 11 is 0. The molecule has 1 amide bonds.